The Balaban J connectivity index is 1.08. The highest BCUT2D eigenvalue weighted by atomic mass is 15.0. The first-order chi connectivity index (χ1) is 51.9. The number of rotatable bonds is 10. The van der Waals surface area contributed by atoms with E-state index in [2.05, 4.69) is 66.8 Å². The Morgan fingerprint density at radius 1 is 0.208 bits per heavy atom. The number of nitrogens with zero attached hydrogens (tertiary/aromatic N) is 18. The Morgan fingerprint density at radius 3 is 0.783 bits per heavy atom. The number of hydrogen-bond acceptors (Lipinski definition) is 16. The van der Waals surface area contributed by atoms with Crippen LogP contribution < -0.4 is 0 Å². The molecule has 0 aliphatic carbocycles. The Hall–Kier alpha value is -17.4. The molecule has 0 atom stereocenters. The lowest BCUT2D eigenvalue weighted by molar-refractivity contribution is 1.07. The second-order valence-corrected chi connectivity index (χ2v) is 24.3. The number of aromatic nitrogens is 5. The first-order valence-electron chi connectivity index (χ1n) is 32.2. The zero-order chi connectivity index (χ0) is 73.4. The first-order valence-corrected chi connectivity index (χ1v) is 32.2. The van der Waals surface area contributed by atoms with Crippen molar-refractivity contribution in [1.82, 2.24) is 24.1 Å². The fourth-order valence-electron chi connectivity index (χ4n) is 14.0. The summed E-state index contributed by atoms with van der Waals surface area (Å²) in [5.41, 5.74) is 10.2. The quantitative estimate of drug-likeness (QED) is 0.123. The highest BCUT2D eigenvalue weighted by Gasteiger charge is 2.28. The third-order valence-corrected chi connectivity index (χ3v) is 18.6. The maximum atomic E-state index is 11.1. The number of hydrogen-bond donors (Lipinski definition) is 0. The molecule has 478 valence electrons. The van der Waals surface area contributed by atoms with Crippen LogP contribution in [0.1, 0.15) is 72.3 Å². The molecule has 3 heterocycles. The van der Waals surface area contributed by atoms with Crippen LogP contribution in [0.4, 0.5) is 0 Å². The molecule has 0 saturated carbocycles. The average Bonchev–Trinajstić information content (AvgIpc) is 1.56. The highest BCUT2D eigenvalue weighted by Crippen LogP contribution is 2.47. The molecule has 0 bridgehead atoms. The van der Waals surface area contributed by atoms with Crippen LogP contribution in [-0.2, 0) is 0 Å². The van der Waals surface area contributed by atoms with Gasteiger partial charge in [-0.3, -0.25) is 0 Å². The molecule has 18 nitrogen and oxygen atoms in total. The van der Waals surface area contributed by atoms with Gasteiger partial charge in [-0.25, -0.2) is 15.0 Å². The molecule has 0 aliphatic rings. The van der Waals surface area contributed by atoms with Crippen LogP contribution in [0.15, 0.2) is 218 Å². The number of nitriles is 13. The van der Waals surface area contributed by atoms with Gasteiger partial charge in [-0.2, -0.15) is 68.4 Å². The Bertz CT molecular complexity index is 6560. The SMILES string of the molecule is N#Cc1cc(C#N)c(-c2ccc3c(c2)c2cc(-c4c(C#N)cc(C#N)cc4C#N)ccc2n3-c2ccc(C#N)cc2-c2ccc(-c3nc(-c4ccccc4)nc(-c4ccccc4)n3)cc2-n2c3ccc(-c4c(C#N)cc(C#N)cc4C#N)cc3c3cc(-c4c(C#N)cc(C#N)cc4C#N)ccc32)c(C#N)c1. The maximum Gasteiger partial charge on any atom is 0.164 e. The topological polar surface area (TPSA) is 358 Å². The Labute approximate surface area is 603 Å². The van der Waals surface area contributed by atoms with E-state index in [-0.39, 0.29) is 100 Å². The van der Waals surface area contributed by atoms with Crippen molar-refractivity contribution in [1.29, 1.82) is 68.4 Å². The van der Waals surface area contributed by atoms with Crippen molar-refractivity contribution >= 4 is 43.6 Å². The molecule has 15 aromatic rings. The summed E-state index contributed by atoms with van der Waals surface area (Å²) in [5.74, 6) is 1.02. The monoisotopic (exact) mass is 1340 g/mol. The van der Waals surface area contributed by atoms with Gasteiger partial charge >= 0.3 is 0 Å². The van der Waals surface area contributed by atoms with Crippen LogP contribution in [0.25, 0.3) is 145 Å². The van der Waals surface area contributed by atoms with Crippen molar-refractivity contribution in [2.45, 2.75) is 0 Å². The van der Waals surface area contributed by atoms with Crippen LogP contribution >= 0.6 is 0 Å². The molecule has 3 aromatic heterocycles. The largest absolute Gasteiger partial charge is 0.309 e. The Kier molecular flexibility index (Phi) is 16.1. The van der Waals surface area contributed by atoms with Gasteiger partial charge in [0.05, 0.1) is 185 Å². The summed E-state index contributed by atoms with van der Waals surface area (Å²) in [6.45, 7) is 0. The normalized spacial score (nSPS) is 10.5. The summed E-state index contributed by atoms with van der Waals surface area (Å²) in [6.07, 6.45) is 0. The van der Waals surface area contributed by atoms with E-state index >= 15 is 0 Å². The van der Waals surface area contributed by atoms with E-state index in [0.717, 1.165) is 0 Å². The van der Waals surface area contributed by atoms with Crippen LogP contribution in [0.3, 0.4) is 0 Å². The van der Waals surface area contributed by atoms with Gasteiger partial charge in [-0.05, 0) is 144 Å². The van der Waals surface area contributed by atoms with Gasteiger partial charge in [-0.15, -0.1) is 0 Å². The average molecular weight is 1350 g/mol. The summed E-state index contributed by atoms with van der Waals surface area (Å²) in [7, 11) is 0. The summed E-state index contributed by atoms with van der Waals surface area (Å²) in [6, 6.07) is 91.1. The molecule has 15 rings (SSSR count). The van der Waals surface area contributed by atoms with Crippen molar-refractivity contribution in [3.63, 3.8) is 0 Å². The molecule has 0 aliphatic heterocycles. The van der Waals surface area contributed by atoms with Gasteiger partial charge in [0, 0.05) is 71.6 Å². The zero-order valence-corrected chi connectivity index (χ0v) is 54.8. The summed E-state index contributed by atoms with van der Waals surface area (Å²) in [4.78, 5) is 15.4. The zero-order valence-electron chi connectivity index (χ0n) is 54.8. The van der Waals surface area contributed by atoms with E-state index in [4.69, 9.17) is 15.0 Å². The number of fused-ring (bicyclic) bond motifs is 6. The van der Waals surface area contributed by atoms with Crippen molar-refractivity contribution in [2.75, 3.05) is 0 Å². The molecule has 0 N–H and O–H groups in total. The third-order valence-electron chi connectivity index (χ3n) is 18.6. The highest BCUT2D eigenvalue weighted by molar-refractivity contribution is 6.15. The second-order valence-electron chi connectivity index (χ2n) is 24.3. The van der Waals surface area contributed by atoms with Crippen LogP contribution in [-0.4, -0.2) is 24.1 Å². The predicted molar refractivity (Wildman–Crippen MR) is 393 cm³/mol. The molecular weight excluding hydrogens is 1310 g/mol. The van der Waals surface area contributed by atoms with E-state index < -0.39 is 0 Å². The molecule has 106 heavy (non-hydrogen) atoms. The second kappa shape index (κ2) is 26.5. The lowest BCUT2D eigenvalue weighted by atomic mass is 9.91. The Morgan fingerprint density at radius 2 is 0.491 bits per heavy atom. The van der Waals surface area contributed by atoms with Gasteiger partial charge in [0.15, 0.2) is 17.5 Å². The molecule has 0 amide bonds. The maximum absolute atomic E-state index is 11.1. The molecule has 18 heteroatoms. The minimum Gasteiger partial charge on any atom is -0.309 e. The van der Waals surface area contributed by atoms with Gasteiger partial charge in [0.25, 0.3) is 0 Å². The molecular formula is C88H36N18. The van der Waals surface area contributed by atoms with Crippen LogP contribution in [0.2, 0.25) is 0 Å². The van der Waals surface area contributed by atoms with Crippen molar-refractivity contribution in [3.8, 4) is 180 Å². The smallest absolute Gasteiger partial charge is 0.164 e. The molecule has 0 unspecified atom stereocenters. The lowest BCUT2D eigenvalue weighted by Gasteiger charge is -2.20. The van der Waals surface area contributed by atoms with Gasteiger partial charge in [0.1, 0.15) is 0 Å². The molecule has 0 radical (unpaired) electrons. The molecule has 0 saturated heterocycles. The van der Waals surface area contributed by atoms with Crippen LogP contribution in [0.5, 0.6) is 0 Å². The van der Waals surface area contributed by atoms with Crippen molar-refractivity contribution in [3.05, 3.63) is 291 Å². The summed E-state index contributed by atoms with van der Waals surface area (Å²) >= 11 is 0. The fraction of sp³-hybridized carbons (Fsp3) is 0. The molecule has 0 spiro atoms. The van der Waals surface area contributed by atoms with E-state index in [0.29, 0.717) is 117 Å². The minimum absolute atomic E-state index is 0.0648. The minimum atomic E-state index is 0.0648. The van der Waals surface area contributed by atoms with E-state index in [1.165, 1.54) is 48.5 Å². The van der Waals surface area contributed by atoms with Gasteiger partial charge < -0.3 is 9.13 Å². The van der Waals surface area contributed by atoms with Crippen molar-refractivity contribution in [2.24, 2.45) is 0 Å². The number of benzene rings is 12. The van der Waals surface area contributed by atoms with E-state index in [1.807, 2.05) is 155 Å². The molecule has 0 fully saturated rings. The van der Waals surface area contributed by atoms with Gasteiger partial charge in [-0.1, -0.05) is 97.1 Å². The van der Waals surface area contributed by atoms with Crippen LogP contribution in [0, 0.1) is 147 Å². The summed E-state index contributed by atoms with van der Waals surface area (Å²) < 4.78 is 4.01. The standard InChI is InChI=1S/C88H36N18/c89-37-50-11-18-76(105-77-19-13-57(82-62(42-94)23-51(38-90)24-63(82)43-95)32-72(77)73-33-58(14-20-78(73)105)83-64(44-96)25-52(39-91)26-65(83)45-97)71(31-50)70-17-12-61(88-103-86(55-7-3-1-4-8-55)102-87(104-88)56-9-5-2-6-10-56)36-81(70)106-79-21-15-59(84-66(46-98)27-53(40-92)28-67(84)47-99)34-74(79)75-35-60(16-22-80(75)106)85-68(48-100)29-54(41-93)30-69(85)49-101/h1-36H. The lowest BCUT2D eigenvalue weighted by Crippen LogP contribution is -2.04. The van der Waals surface area contributed by atoms with Crippen molar-refractivity contribution < 1.29 is 0 Å². The molecule has 12 aromatic carbocycles. The summed E-state index contributed by atoms with van der Waals surface area (Å²) in [5, 5.41) is 139. The van der Waals surface area contributed by atoms with E-state index in [9.17, 15) is 68.4 Å². The predicted octanol–water partition coefficient (Wildman–Crippen LogP) is 17.7. The first kappa shape index (κ1) is 64.6. The van der Waals surface area contributed by atoms with E-state index in [1.54, 1.807) is 36.4 Å². The third kappa shape index (κ3) is 10.8. The van der Waals surface area contributed by atoms with Gasteiger partial charge in [0.2, 0.25) is 0 Å². The fourth-order valence-corrected chi connectivity index (χ4v) is 14.0.